The van der Waals surface area contributed by atoms with Gasteiger partial charge < -0.3 is 0 Å². The molecular formula is C105H182. The highest BCUT2D eigenvalue weighted by Crippen LogP contribution is 2.35. The molecule has 0 heterocycles. The predicted octanol–water partition coefficient (Wildman–Crippen LogP) is 34.5. The van der Waals surface area contributed by atoms with Crippen molar-refractivity contribution in [2.45, 2.75) is 426 Å². The fourth-order valence-electron chi connectivity index (χ4n) is 13.9. The molecule has 0 unspecified atom stereocenters. The van der Waals surface area contributed by atoms with Crippen molar-refractivity contribution in [1.82, 2.24) is 0 Å². The van der Waals surface area contributed by atoms with E-state index in [4.69, 9.17) is 0 Å². The van der Waals surface area contributed by atoms with Gasteiger partial charge in [-0.15, -0.1) is 0 Å². The Bertz CT molecular complexity index is 3300. The summed E-state index contributed by atoms with van der Waals surface area (Å²) >= 11 is 0. The van der Waals surface area contributed by atoms with Crippen LogP contribution < -0.4 is 0 Å². The van der Waals surface area contributed by atoms with Gasteiger partial charge in [-0.05, 0) is 328 Å². The minimum Gasteiger partial charge on any atom is -0.0683 e. The highest BCUT2D eigenvalue weighted by molar-refractivity contribution is 5.47. The van der Waals surface area contributed by atoms with Gasteiger partial charge in [-0.1, -0.05) is 338 Å². The van der Waals surface area contributed by atoms with Crippen LogP contribution in [0.4, 0.5) is 0 Å². The van der Waals surface area contributed by atoms with E-state index in [9.17, 15) is 0 Å². The second-order valence-corrected chi connectivity index (χ2v) is 34.9. The molecule has 0 aliphatic heterocycles. The lowest BCUT2D eigenvalue weighted by molar-refractivity contribution is 0.581. The van der Waals surface area contributed by atoms with Gasteiger partial charge in [0.2, 0.25) is 0 Å². The normalized spacial score (nSPS) is 10.7. The van der Waals surface area contributed by atoms with E-state index in [2.05, 4.69) is 376 Å². The number of rotatable bonds is 0. The number of hydrogen-bond acceptors (Lipinski definition) is 0. The summed E-state index contributed by atoms with van der Waals surface area (Å²) in [5.41, 5.74) is 41.9. The van der Waals surface area contributed by atoms with Crippen molar-refractivity contribution in [3.63, 3.8) is 0 Å². The van der Waals surface area contributed by atoms with Gasteiger partial charge in [0.1, 0.15) is 0 Å². The predicted molar refractivity (Wildman–Crippen MR) is 495 cm³/mol. The number of benzene rings is 7. The van der Waals surface area contributed by atoms with Gasteiger partial charge in [0.05, 0.1) is 0 Å². The molecule has 0 amide bonds. The van der Waals surface area contributed by atoms with E-state index in [1.54, 1.807) is 0 Å². The molecule has 0 atom stereocenters. The van der Waals surface area contributed by atoms with Gasteiger partial charge in [0.25, 0.3) is 0 Å². The Hall–Kier alpha value is -5.46. The lowest BCUT2D eigenvalue weighted by Crippen LogP contribution is -2.15. The summed E-state index contributed by atoms with van der Waals surface area (Å²) in [6, 6.07) is 31.7. The molecule has 0 radical (unpaired) electrons. The fraction of sp³-hybridized carbons (Fsp3) is 0.600. The Balaban J connectivity index is -0.000000207. The average molecular weight is 1440 g/mol. The van der Waals surface area contributed by atoms with Gasteiger partial charge in [-0.3, -0.25) is 0 Å². The Morgan fingerprint density at radius 1 is 0.152 bits per heavy atom. The van der Waals surface area contributed by atoms with E-state index in [-0.39, 0.29) is 37.9 Å². The van der Waals surface area contributed by atoms with Crippen molar-refractivity contribution >= 4 is 0 Å². The first kappa shape index (κ1) is 113. The lowest BCUT2D eigenvalue weighted by Gasteiger charge is -2.25. The van der Waals surface area contributed by atoms with Crippen LogP contribution in [0.2, 0.25) is 0 Å². The quantitative estimate of drug-likeness (QED) is 0.142. The largest absolute Gasteiger partial charge is 0.0683 e. The molecule has 0 nitrogen and oxygen atoms in total. The van der Waals surface area contributed by atoms with Crippen LogP contribution in [0.1, 0.15) is 398 Å². The molecule has 0 saturated carbocycles. The fourth-order valence-corrected chi connectivity index (χ4v) is 13.9. The van der Waals surface area contributed by atoms with Gasteiger partial charge in [0.15, 0.2) is 0 Å². The van der Waals surface area contributed by atoms with Crippen LogP contribution in [-0.4, -0.2) is 0 Å². The molecule has 7 aromatic carbocycles. The highest BCUT2D eigenvalue weighted by atomic mass is 14.3. The molecule has 105 heavy (non-hydrogen) atoms. The maximum absolute atomic E-state index is 2.32. The second kappa shape index (κ2) is 51.8. The van der Waals surface area contributed by atoms with Gasteiger partial charge >= 0.3 is 0 Å². The van der Waals surface area contributed by atoms with Crippen LogP contribution in [0.25, 0.3) is 0 Å². The summed E-state index contributed by atoms with van der Waals surface area (Å²) in [5.74, 6) is 0. The first-order chi connectivity index (χ1) is 47.8. The van der Waals surface area contributed by atoms with Crippen LogP contribution in [-0.2, 0) is 37.9 Å². The molecule has 0 aromatic heterocycles. The third-order valence-electron chi connectivity index (χ3n) is 18.6. The Labute approximate surface area is 662 Å². The molecule has 0 aliphatic carbocycles. The van der Waals surface area contributed by atoms with E-state index in [1.807, 2.05) is 96.9 Å². The smallest absolute Gasteiger partial charge is 0.0127 e. The maximum Gasteiger partial charge on any atom is -0.0127 e. The molecular weight excluding hydrogens is 1260 g/mol. The summed E-state index contributed by atoms with van der Waals surface area (Å²) in [5, 5.41) is 0. The van der Waals surface area contributed by atoms with Crippen LogP contribution >= 0.6 is 0 Å². The van der Waals surface area contributed by atoms with E-state index >= 15 is 0 Å². The first-order valence-corrected chi connectivity index (χ1v) is 41.4. The van der Waals surface area contributed by atoms with Crippen molar-refractivity contribution in [3.05, 3.63) is 241 Å². The first-order valence-electron chi connectivity index (χ1n) is 41.4. The lowest BCUT2D eigenvalue weighted by atomic mass is 9.80. The van der Waals surface area contributed by atoms with Crippen molar-refractivity contribution in [3.8, 4) is 0 Å². The monoisotopic (exact) mass is 1440 g/mol. The summed E-state index contributed by atoms with van der Waals surface area (Å²) in [6.07, 6.45) is 0. The topological polar surface area (TPSA) is 0 Å². The zero-order chi connectivity index (χ0) is 85.6. The van der Waals surface area contributed by atoms with Gasteiger partial charge in [-0.2, -0.15) is 0 Å². The van der Waals surface area contributed by atoms with Crippen LogP contribution in [0.15, 0.2) is 84.9 Å². The average Bonchev–Trinajstić information content (AvgIpc) is 0.856. The van der Waals surface area contributed by atoms with Gasteiger partial charge in [0, 0.05) is 0 Å². The molecule has 7 aromatic rings. The van der Waals surface area contributed by atoms with Crippen molar-refractivity contribution in [1.29, 1.82) is 0 Å². The third kappa shape index (κ3) is 40.0. The molecule has 0 heteroatoms. The minimum absolute atomic E-state index is 0.264. The van der Waals surface area contributed by atoms with Crippen LogP contribution in [0, 0.1) is 145 Å². The third-order valence-corrected chi connectivity index (χ3v) is 18.6. The second-order valence-electron chi connectivity index (χ2n) is 34.9. The number of aryl methyl sites for hydroxylation is 16. The van der Waals surface area contributed by atoms with Crippen molar-refractivity contribution < 1.29 is 0 Å². The van der Waals surface area contributed by atoms with Crippen molar-refractivity contribution in [2.24, 2.45) is 0 Å². The molecule has 0 saturated heterocycles. The molecule has 0 aliphatic rings. The molecule has 7 rings (SSSR count). The number of hydrogen-bond donors (Lipinski definition) is 0. The SMILES string of the molecule is CC.CC.CC.CC.CC.CC.CC.Cc1cc(C(C)(C)C)cc(C)c1C.Cc1cc(C)c(C(C)(C)C)c(C)c1.Cc1cc(C)c(C(C)(C)C)c(C)c1.Cc1cc(C)c(C(C)(C)C)cc1C.Cc1ccc(C(C)(C)C)c(C)c1C.Cc1ccc(C)c(C(C)(C)C)c1C.Cc1ccc(C)c(C(C)(C)C)c1C. The Morgan fingerprint density at radius 3 is 0.629 bits per heavy atom. The van der Waals surface area contributed by atoms with Crippen LogP contribution in [0.3, 0.4) is 0 Å². The molecule has 602 valence electrons. The minimum atomic E-state index is 0.264. The maximum atomic E-state index is 2.32. The highest BCUT2D eigenvalue weighted by Gasteiger charge is 2.24. The van der Waals surface area contributed by atoms with E-state index in [0.29, 0.717) is 0 Å². The summed E-state index contributed by atoms with van der Waals surface area (Å²) in [4.78, 5) is 0. The zero-order valence-corrected chi connectivity index (χ0v) is 81.6. The standard InChI is InChI=1S/7C13H20.7C2H6/c1-9-7-12(13(4,5)6)8-10(2)11(9)3;1-9-7-11(3)12(8-10(9)2)13(4,5)6;2*1-9-7-10(2)12(11(3)8-9)13(4,5)6;1-9-7-8-12(13(4,5)6)11(3)10(9)2;2*1-9-7-8-10(2)12(11(9)3)13(4,5)6;7*1-2/h7*7-8H,1-6H3;7*1-2H3. The van der Waals surface area contributed by atoms with E-state index in [1.165, 1.54) is 156 Å². The van der Waals surface area contributed by atoms with E-state index < -0.39 is 0 Å². The summed E-state index contributed by atoms with van der Waals surface area (Å²) < 4.78 is 0. The Morgan fingerprint density at radius 2 is 0.390 bits per heavy atom. The summed E-state index contributed by atoms with van der Waals surface area (Å²) in [6.45, 7) is 122. The van der Waals surface area contributed by atoms with Crippen molar-refractivity contribution in [2.75, 3.05) is 0 Å². The molecule has 0 N–H and O–H groups in total. The Kier molecular flexibility index (Phi) is 55.7. The molecule has 0 spiro atoms. The summed E-state index contributed by atoms with van der Waals surface area (Å²) in [7, 11) is 0. The molecule has 0 bridgehead atoms. The van der Waals surface area contributed by atoms with Crippen LogP contribution in [0.5, 0.6) is 0 Å². The van der Waals surface area contributed by atoms with Gasteiger partial charge in [-0.25, -0.2) is 0 Å². The zero-order valence-electron chi connectivity index (χ0n) is 81.6. The van der Waals surface area contributed by atoms with E-state index in [0.717, 1.165) is 0 Å². The molecule has 0 fully saturated rings.